The molecule has 0 spiro atoms. The summed E-state index contributed by atoms with van der Waals surface area (Å²) in [5.74, 6) is 0. The lowest BCUT2D eigenvalue weighted by atomic mass is 10.1. The Labute approximate surface area is 179 Å². The van der Waals surface area contributed by atoms with Crippen molar-refractivity contribution in [3.63, 3.8) is 0 Å². The monoisotopic (exact) mass is 411 g/mol. The summed E-state index contributed by atoms with van der Waals surface area (Å²) in [4.78, 5) is 18.2. The van der Waals surface area contributed by atoms with Crippen LogP contribution in [0.2, 0.25) is 0 Å². The van der Waals surface area contributed by atoms with Gasteiger partial charge in [0.25, 0.3) is 5.56 Å². The van der Waals surface area contributed by atoms with E-state index < -0.39 is 0 Å². The minimum absolute atomic E-state index is 0.121. The van der Waals surface area contributed by atoms with Gasteiger partial charge in [0, 0.05) is 0 Å². The SMILES string of the molecule is Cc1ccc(C[C@@H](C#N)Sc2nc3ccccc3c(=O)n2-c2ccccc2C)cc1. The van der Waals surface area contributed by atoms with Gasteiger partial charge in [-0.1, -0.05) is 71.9 Å². The summed E-state index contributed by atoms with van der Waals surface area (Å²) >= 11 is 1.34. The topological polar surface area (TPSA) is 58.7 Å². The Kier molecular flexibility index (Phi) is 5.69. The van der Waals surface area contributed by atoms with Crippen LogP contribution in [-0.2, 0) is 6.42 Å². The molecule has 0 aliphatic carbocycles. The highest BCUT2D eigenvalue weighted by molar-refractivity contribution is 8.00. The summed E-state index contributed by atoms with van der Waals surface area (Å²) in [7, 11) is 0. The number of thioether (sulfide) groups is 1. The van der Waals surface area contributed by atoms with Crippen LogP contribution in [0.4, 0.5) is 0 Å². The van der Waals surface area contributed by atoms with Gasteiger partial charge in [0.05, 0.1) is 22.7 Å². The molecule has 0 bridgehead atoms. The van der Waals surface area contributed by atoms with E-state index in [0.717, 1.165) is 16.8 Å². The lowest BCUT2D eigenvalue weighted by Gasteiger charge is -2.17. The van der Waals surface area contributed by atoms with Gasteiger partial charge in [-0.25, -0.2) is 4.98 Å². The molecule has 4 aromatic rings. The predicted octanol–water partition coefficient (Wildman–Crippen LogP) is 5.23. The summed E-state index contributed by atoms with van der Waals surface area (Å²) in [6, 6.07) is 25.7. The highest BCUT2D eigenvalue weighted by atomic mass is 32.2. The molecule has 4 nitrogen and oxygen atoms in total. The average Bonchev–Trinajstić information content (AvgIpc) is 2.76. The number of fused-ring (bicyclic) bond motifs is 1. The number of aromatic nitrogens is 2. The second-order valence-electron chi connectivity index (χ2n) is 7.26. The summed E-state index contributed by atoms with van der Waals surface area (Å²) in [6.45, 7) is 4.01. The molecule has 4 rings (SSSR count). The van der Waals surface area contributed by atoms with Crippen LogP contribution in [0, 0.1) is 25.2 Å². The van der Waals surface area contributed by atoms with Crippen molar-refractivity contribution < 1.29 is 0 Å². The molecule has 148 valence electrons. The van der Waals surface area contributed by atoms with Gasteiger partial charge in [0.2, 0.25) is 0 Å². The van der Waals surface area contributed by atoms with Crippen molar-refractivity contribution in [3.05, 3.63) is 99.8 Å². The molecular weight excluding hydrogens is 390 g/mol. The largest absolute Gasteiger partial charge is 0.268 e. The number of para-hydroxylation sites is 2. The quantitative estimate of drug-likeness (QED) is 0.333. The third kappa shape index (κ3) is 4.00. The second-order valence-corrected chi connectivity index (χ2v) is 8.43. The van der Waals surface area contributed by atoms with Gasteiger partial charge >= 0.3 is 0 Å². The predicted molar refractivity (Wildman–Crippen MR) is 122 cm³/mol. The third-order valence-corrected chi connectivity index (χ3v) is 6.08. The summed E-state index contributed by atoms with van der Waals surface area (Å²) in [5, 5.41) is 10.6. The van der Waals surface area contributed by atoms with Crippen molar-refractivity contribution in [1.82, 2.24) is 9.55 Å². The standard InChI is InChI=1S/C25H21N3OS/c1-17-11-13-19(14-12-17)15-20(16-26)30-25-27-22-9-5-4-8-21(22)24(29)28(25)23-10-6-3-7-18(23)2/h3-14,20H,15H2,1-2H3/t20-/m0/s1. The van der Waals surface area contributed by atoms with Gasteiger partial charge < -0.3 is 0 Å². The molecule has 0 saturated carbocycles. The van der Waals surface area contributed by atoms with E-state index in [2.05, 4.69) is 6.07 Å². The number of nitrogens with zero attached hydrogens (tertiary/aromatic N) is 3. The van der Waals surface area contributed by atoms with Crippen molar-refractivity contribution in [2.45, 2.75) is 30.7 Å². The minimum Gasteiger partial charge on any atom is -0.268 e. The fourth-order valence-corrected chi connectivity index (χ4v) is 4.42. The number of rotatable bonds is 5. The van der Waals surface area contributed by atoms with Gasteiger partial charge in [0.1, 0.15) is 5.25 Å². The van der Waals surface area contributed by atoms with Crippen molar-refractivity contribution in [2.24, 2.45) is 0 Å². The van der Waals surface area contributed by atoms with Crippen LogP contribution < -0.4 is 5.56 Å². The normalized spacial score (nSPS) is 11.9. The minimum atomic E-state index is -0.365. The molecule has 0 amide bonds. The van der Waals surface area contributed by atoms with E-state index in [1.165, 1.54) is 17.3 Å². The van der Waals surface area contributed by atoms with Crippen molar-refractivity contribution in [3.8, 4) is 11.8 Å². The molecular formula is C25H21N3OS. The number of nitriles is 1. The fourth-order valence-electron chi connectivity index (χ4n) is 3.40. The molecule has 3 aromatic carbocycles. The summed E-state index contributed by atoms with van der Waals surface area (Å²) in [6.07, 6.45) is 0.581. The van der Waals surface area contributed by atoms with E-state index in [4.69, 9.17) is 4.98 Å². The summed E-state index contributed by atoms with van der Waals surface area (Å²) < 4.78 is 1.64. The van der Waals surface area contributed by atoms with Crippen LogP contribution in [0.5, 0.6) is 0 Å². The van der Waals surface area contributed by atoms with E-state index >= 15 is 0 Å². The van der Waals surface area contributed by atoms with Crippen LogP contribution in [0.15, 0.2) is 82.7 Å². The first-order chi connectivity index (χ1) is 14.6. The van der Waals surface area contributed by atoms with E-state index in [9.17, 15) is 10.1 Å². The average molecular weight is 412 g/mol. The van der Waals surface area contributed by atoms with Crippen molar-refractivity contribution in [1.29, 1.82) is 5.26 Å². The highest BCUT2D eigenvalue weighted by Crippen LogP contribution is 2.28. The molecule has 1 aromatic heterocycles. The lowest BCUT2D eigenvalue weighted by Crippen LogP contribution is -2.23. The number of benzene rings is 3. The maximum absolute atomic E-state index is 13.4. The first-order valence-corrected chi connectivity index (χ1v) is 10.6. The molecule has 5 heteroatoms. The van der Waals surface area contributed by atoms with E-state index in [1.54, 1.807) is 10.6 Å². The van der Waals surface area contributed by atoms with Crippen LogP contribution >= 0.6 is 11.8 Å². The molecule has 1 heterocycles. The molecule has 0 aliphatic rings. The smallest absolute Gasteiger partial charge is 0.266 e. The highest BCUT2D eigenvalue weighted by Gasteiger charge is 2.19. The fraction of sp³-hybridized carbons (Fsp3) is 0.160. The van der Waals surface area contributed by atoms with Gasteiger partial charge in [0.15, 0.2) is 5.16 Å². The van der Waals surface area contributed by atoms with Gasteiger partial charge in [-0.3, -0.25) is 9.36 Å². The van der Waals surface area contributed by atoms with Crippen molar-refractivity contribution in [2.75, 3.05) is 0 Å². The van der Waals surface area contributed by atoms with Crippen LogP contribution in [0.1, 0.15) is 16.7 Å². The Morgan fingerprint density at radius 1 is 1.00 bits per heavy atom. The Bertz CT molecular complexity index is 1300. The molecule has 0 fully saturated rings. The number of hydrogen-bond acceptors (Lipinski definition) is 4. The molecule has 30 heavy (non-hydrogen) atoms. The zero-order valence-electron chi connectivity index (χ0n) is 16.9. The third-order valence-electron chi connectivity index (χ3n) is 5.03. The van der Waals surface area contributed by atoms with Gasteiger partial charge in [-0.05, 0) is 49.6 Å². The van der Waals surface area contributed by atoms with Gasteiger partial charge in [-0.15, -0.1) is 0 Å². The molecule has 0 N–H and O–H groups in total. The van der Waals surface area contributed by atoms with Gasteiger partial charge in [-0.2, -0.15) is 5.26 Å². The summed E-state index contributed by atoms with van der Waals surface area (Å²) in [5.41, 5.74) is 4.56. The maximum atomic E-state index is 13.4. The number of aryl methyl sites for hydroxylation is 2. The first-order valence-electron chi connectivity index (χ1n) is 9.76. The van der Waals surface area contributed by atoms with Crippen molar-refractivity contribution >= 4 is 22.7 Å². The van der Waals surface area contributed by atoms with E-state index in [0.29, 0.717) is 22.5 Å². The zero-order valence-corrected chi connectivity index (χ0v) is 17.7. The van der Waals surface area contributed by atoms with Crippen LogP contribution in [0.3, 0.4) is 0 Å². The molecule has 0 aliphatic heterocycles. The Morgan fingerprint density at radius 2 is 1.70 bits per heavy atom. The second kappa shape index (κ2) is 8.56. The molecule has 0 unspecified atom stereocenters. The Morgan fingerprint density at radius 3 is 2.43 bits per heavy atom. The first kappa shape index (κ1) is 19.9. The zero-order chi connectivity index (χ0) is 21.1. The van der Waals surface area contributed by atoms with E-state index in [1.807, 2.05) is 80.6 Å². The molecule has 0 radical (unpaired) electrons. The van der Waals surface area contributed by atoms with E-state index in [-0.39, 0.29) is 10.8 Å². The van der Waals surface area contributed by atoms with Crippen LogP contribution in [0.25, 0.3) is 16.6 Å². The maximum Gasteiger partial charge on any atom is 0.266 e. The lowest BCUT2D eigenvalue weighted by molar-refractivity contribution is 0.810. The Balaban J connectivity index is 1.81. The van der Waals surface area contributed by atoms with Crippen LogP contribution in [-0.4, -0.2) is 14.8 Å². The molecule has 1 atom stereocenters. The number of hydrogen-bond donors (Lipinski definition) is 0. The molecule has 0 saturated heterocycles. The Hall–Kier alpha value is -3.36.